The van der Waals surface area contributed by atoms with E-state index in [0.717, 1.165) is 0 Å². The van der Waals surface area contributed by atoms with E-state index < -0.39 is 35.0 Å². The second kappa shape index (κ2) is 4.77. The molecule has 1 N–H and O–H groups in total. The van der Waals surface area contributed by atoms with Crippen molar-refractivity contribution in [1.29, 1.82) is 0 Å². The highest BCUT2D eigenvalue weighted by atomic mass is 19.1. The minimum Gasteiger partial charge on any atom is -0.385 e. The van der Waals surface area contributed by atoms with Gasteiger partial charge in [0.25, 0.3) is 5.89 Å². The first-order valence-corrected chi connectivity index (χ1v) is 5.19. The highest BCUT2D eigenvalue weighted by molar-refractivity contribution is 5.54. The normalized spacial score (nSPS) is 12.7. The molecule has 1 atom stereocenters. The molecule has 0 aliphatic heterocycles. The maximum atomic E-state index is 13.4. The summed E-state index contributed by atoms with van der Waals surface area (Å²) in [6, 6.07) is 1.02. The van der Waals surface area contributed by atoms with Gasteiger partial charge in [-0.1, -0.05) is 12.1 Å². The lowest BCUT2D eigenvalue weighted by Crippen LogP contribution is -1.98. The molecule has 0 saturated carbocycles. The van der Waals surface area contributed by atoms with Gasteiger partial charge in [0.15, 0.2) is 0 Å². The Labute approximate surface area is 100 Å². The second-order valence-corrected chi connectivity index (χ2v) is 3.63. The fourth-order valence-corrected chi connectivity index (χ4v) is 1.40. The van der Waals surface area contributed by atoms with Crippen molar-refractivity contribution < 1.29 is 22.8 Å². The zero-order valence-electron chi connectivity index (χ0n) is 9.32. The smallest absolute Gasteiger partial charge is 0.263 e. The molecule has 1 aromatic carbocycles. The summed E-state index contributed by atoms with van der Waals surface area (Å²) in [6.45, 7) is 1.68. The van der Waals surface area contributed by atoms with Crippen LogP contribution in [-0.2, 0) is 0 Å². The fraction of sp³-hybridized carbons (Fsp3) is 0.273. The minimum absolute atomic E-state index is 0.0735. The van der Waals surface area contributed by atoms with Crippen molar-refractivity contribution in [2.45, 2.75) is 19.4 Å². The first-order chi connectivity index (χ1) is 8.52. The van der Waals surface area contributed by atoms with Crippen molar-refractivity contribution in [2.24, 2.45) is 0 Å². The molecule has 2 aromatic rings. The first kappa shape index (κ1) is 12.6. The van der Waals surface area contributed by atoms with Crippen molar-refractivity contribution in [3.05, 3.63) is 35.4 Å². The molecule has 0 aliphatic carbocycles. The Hall–Kier alpha value is -1.89. The highest BCUT2D eigenvalue weighted by Crippen LogP contribution is 2.26. The van der Waals surface area contributed by atoms with Gasteiger partial charge in [-0.2, -0.15) is 4.98 Å². The van der Waals surface area contributed by atoms with E-state index in [1.165, 1.54) is 0 Å². The van der Waals surface area contributed by atoms with Crippen LogP contribution in [0.3, 0.4) is 0 Å². The average Bonchev–Trinajstić information content (AvgIpc) is 2.76. The van der Waals surface area contributed by atoms with Gasteiger partial charge in [0, 0.05) is 12.1 Å². The number of halogens is 3. The largest absolute Gasteiger partial charge is 0.385 e. The van der Waals surface area contributed by atoms with E-state index in [2.05, 4.69) is 14.7 Å². The van der Waals surface area contributed by atoms with Crippen LogP contribution in [0.5, 0.6) is 0 Å². The van der Waals surface area contributed by atoms with Gasteiger partial charge in [-0.05, 0) is 6.42 Å². The van der Waals surface area contributed by atoms with Gasteiger partial charge in [0.2, 0.25) is 5.82 Å². The third kappa shape index (κ3) is 2.21. The lowest BCUT2D eigenvalue weighted by Gasteiger charge is -2.00. The topological polar surface area (TPSA) is 59.2 Å². The van der Waals surface area contributed by atoms with E-state index in [1.807, 2.05) is 0 Å². The third-order valence-corrected chi connectivity index (χ3v) is 2.35. The molecule has 0 radical (unpaired) electrons. The van der Waals surface area contributed by atoms with Crippen molar-refractivity contribution in [2.75, 3.05) is 0 Å². The quantitative estimate of drug-likeness (QED) is 0.919. The number of hydrogen-bond donors (Lipinski definition) is 1. The number of aromatic nitrogens is 2. The molecule has 96 valence electrons. The zero-order valence-corrected chi connectivity index (χ0v) is 9.32. The predicted octanol–water partition coefficient (Wildman–Crippen LogP) is 2.60. The molecule has 0 amide bonds. The molecule has 1 heterocycles. The molecular formula is C11H9F3N2O2. The number of hydrogen-bond acceptors (Lipinski definition) is 4. The van der Waals surface area contributed by atoms with Crippen LogP contribution >= 0.6 is 0 Å². The Kier molecular flexibility index (Phi) is 3.33. The van der Waals surface area contributed by atoms with Gasteiger partial charge < -0.3 is 9.63 Å². The molecule has 4 nitrogen and oxygen atoms in total. The van der Waals surface area contributed by atoms with Gasteiger partial charge in [0.1, 0.15) is 29.1 Å². The second-order valence-electron chi connectivity index (χ2n) is 3.63. The summed E-state index contributed by atoms with van der Waals surface area (Å²) in [5.74, 6) is -3.84. The van der Waals surface area contributed by atoms with Crippen molar-refractivity contribution in [1.82, 2.24) is 10.1 Å². The zero-order chi connectivity index (χ0) is 13.3. The Morgan fingerprint density at radius 3 is 2.44 bits per heavy atom. The summed E-state index contributed by atoms with van der Waals surface area (Å²) >= 11 is 0. The monoisotopic (exact) mass is 258 g/mol. The summed E-state index contributed by atoms with van der Waals surface area (Å²) < 4.78 is 44.2. The van der Waals surface area contributed by atoms with E-state index in [1.54, 1.807) is 6.92 Å². The van der Waals surface area contributed by atoms with E-state index in [4.69, 9.17) is 0 Å². The van der Waals surface area contributed by atoms with Crippen LogP contribution in [-0.4, -0.2) is 15.2 Å². The van der Waals surface area contributed by atoms with Gasteiger partial charge in [-0.25, -0.2) is 13.2 Å². The molecule has 0 bridgehead atoms. The standard InChI is InChI=1S/C11H9F3N2O2/c1-2-8(17)10-15-11(18-16-10)9-6(13)3-5(12)4-7(9)14/h3-4,8,17H,2H2,1H3. The Balaban J connectivity index is 2.46. The van der Waals surface area contributed by atoms with E-state index in [-0.39, 0.29) is 5.82 Å². The Morgan fingerprint density at radius 1 is 1.28 bits per heavy atom. The van der Waals surface area contributed by atoms with E-state index >= 15 is 0 Å². The fourth-order valence-electron chi connectivity index (χ4n) is 1.40. The van der Waals surface area contributed by atoms with Crippen molar-refractivity contribution in [3.8, 4) is 11.5 Å². The molecular weight excluding hydrogens is 249 g/mol. The van der Waals surface area contributed by atoms with Crippen LogP contribution in [0.1, 0.15) is 25.3 Å². The molecule has 7 heteroatoms. The van der Waals surface area contributed by atoms with E-state index in [9.17, 15) is 18.3 Å². The minimum atomic E-state index is -1.14. The van der Waals surface area contributed by atoms with Crippen LogP contribution in [0.4, 0.5) is 13.2 Å². The number of benzene rings is 1. The summed E-state index contributed by atoms with van der Waals surface area (Å²) in [7, 11) is 0. The van der Waals surface area contributed by atoms with Crippen LogP contribution in [0.2, 0.25) is 0 Å². The van der Waals surface area contributed by atoms with Crippen molar-refractivity contribution >= 4 is 0 Å². The van der Waals surface area contributed by atoms with Gasteiger partial charge in [-0.15, -0.1) is 0 Å². The predicted molar refractivity (Wildman–Crippen MR) is 54.9 cm³/mol. The molecule has 1 aromatic heterocycles. The molecule has 0 fully saturated rings. The van der Waals surface area contributed by atoms with Crippen LogP contribution < -0.4 is 0 Å². The van der Waals surface area contributed by atoms with Gasteiger partial charge in [0.05, 0.1) is 0 Å². The molecule has 0 spiro atoms. The molecule has 1 unspecified atom stereocenters. The average molecular weight is 258 g/mol. The van der Waals surface area contributed by atoms with Crippen LogP contribution in [0.25, 0.3) is 11.5 Å². The van der Waals surface area contributed by atoms with Gasteiger partial charge >= 0.3 is 0 Å². The summed E-state index contributed by atoms with van der Waals surface area (Å²) in [5, 5.41) is 12.8. The lowest BCUT2D eigenvalue weighted by molar-refractivity contribution is 0.159. The number of rotatable bonds is 3. The molecule has 0 aliphatic rings. The van der Waals surface area contributed by atoms with Crippen LogP contribution in [0.15, 0.2) is 16.7 Å². The third-order valence-electron chi connectivity index (χ3n) is 2.35. The summed E-state index contributed by atoms with van der Waals surface area (Å²) in [4.78, 5) is 3.67. The van der Waals surface area contributed by atoms with Crippen molar-refractivity contribution in [3.63, 3.8) is 0 Å². The Bertz CT molecular complexity index is 548. The maximum absolute atomic E-state index is 13.4. The SMILES string of the molecule is CCC(O)c1noc(-c2c(F)cc(F)cc2F)n1. The molecule has 18 heavy (non-hydrogen) atoms. The first-order valence-electron chi connectivity index (χ1n) is 5.19. The number of nitrogens with zero attached hydrogens (tertiary/aromatic N) is 2. The molecule has 0 saturated heterocycles. The Morgan fingerprint density at radius 2 is 1.89 bits per heavy atom. The van der Waals surface area contributed by atoms with Crippen LogP contribution in [0, 0.1) is 17.5 Å². The number of aliphatic hydroxyl groups is 1. The summed E-state index contributed by atoms with van der Waals surface area (Å²) in [6.07, 6.45) is -0.651. The maximum Gasteiger partial charge on any atom is 0.263 e. The van der Waals surface area contributed by atoms with E-state index in [0.29, 0.717) is 18.6 Å². The molecule has 2 rings (SSSR count). The number of aliphatic hydroxyl groups excluding tert-OH is 1. The lowest BCUT2D eigenvalue weighted by atomic mass is 10.2. The highest BCUT2D eigenvalue weighted by Gasteiger charge is 2.21. The van der Waals surface area contributed by atoms with Gasteiger partial charge in [-0.3, -0.25) is 0 Å². The summed E-state index contributed by atoms with van der Waals surface area (Å²) in [5.41, 5.74) is -0.613.